The normalized spacial score (nSPS) is 13.5. The van der Waals surface area contributed by atoms with Crippen LogP contribution < -0.4 is 26.1 Å². The van der Waals surface area contributed by atoms with E-state index in [2.05, 4.69) is 113 Å². The van der Waals surface area contributed by atoms with E-state index >= 15 is 0 Å². The van der Waals surface area contributed by atoms with Gasteiger partial charge < -0.3 is 4.43 Å². The predicted molar refractivity (Wildman–Crippen MR) is 183 cm³/mol. The first-order chi connectivity index (χ1) is 20.2. The molecule has 0 heterocycles. The predicted octanol–water partition coefficient (Wildman–Crippen LogP) is 7.44. The van der Waals surface area contributed by atoms with Gasteiger partial charge in [-0.05, 0) is 58.4 Å². The van der Waals surface area contributed by atoms with Crippen molar-refractivity contribution in [2.75, 3.05) is 6.61 Å². The summed E-state index contributed by atoms with van der Waals surface area (Å²) in [4.78, 5) is 0. The average Bonchev–Trinajstić information content (AvgIpc) is 2.99. The monoisotopic (exact) mass is 595 g/mol. The highest BCUT2D eigenvalue weighted by atomic mass is 31.2. The third-order valence-corrected chi connectivity index (χ3v) is 15.5. The van der Waals surface area contributed by atoms with E-state index in [4.69, 9.17) is 4.43 Å². The second-order valence-corrected chi connectivity index (χ2v) is 19.2. The Kier molecular flexibility index (Phi) is 11.0. The van der Waals surface area contributed by atoms with Gasteiger partial charge in [-0.3, -0.25) is 9.65 Å². The summed E-state index contributed by atoms with van der Waals surface area (Å²) >= 11 is 0. The SMILES string of the molecule is CC(C)C[C@@H](C=CCCO[Si](c1ccccc1)(c1ccccc1)C(C)(C)C)NP(=O)(c1ccccc1)c1ccccc1. The summed E-state index contributed by atoms with van der Waals surface area (Å²) in [5, 5.41) is 7.79. The lowest BCUT2D eigenvalue weighted by atomic mass is 10.0. The molecule has 1 atom stereocenters. The van der Waals surface area contributed by atoms with Gasteiger partial charge in [-0.15, -0.1) is 0 Å². The van der Waals surface area contributed by atoms with Gasteiger partial charge >= 0.3 is 0 Å². The van der Waals surface area contributed by atoms with Crippen molar-refractivity contribution in [3.8, 4) is 0 Å². The minimum atomic E-state index is -3.05. The molecule has 4 aromatic rings. The Balaban J connectivity index is 1.57. The van der Waals surface area contributed by atoms with Gasteiger partial charge in [-0.25, -0.2) is 0 Å². The van der Waals surface area contributed by atoms with E-state index in [-0.39, 0.29) is 11.1 Å². The maximum Gasteiger partial charge on any atom is 0.261 e. The van der Waals surface area contributed by atoms with E-state index in [1.54, 1.807) is 0 Å². The van der Waals surface area contributed by atoms with Crippen LogP contribution in [0.5, 0.6) is 0 Å². The maximum absolute atomic E-state index is 14.7. The van der Waals surface area contributed by atoms with E-state index in [1.165, 1.54) is 10.4 Å². The molecule has 1 N–H and O–H groups in total. The molecule has 4 rings (SSSR count). The summed E-state index contributed by atoms with van der Waals surface area (Å²) in [7, 11) is -5.62. The topological polar surface area (TPSA) is 38.3 Å². The molecule has 0 amide bonds. The number of nitrogens with one attached hydrogen (secondary N) is 1. The third-order valence-electron chi connectivity index (χ3n) is 7.70. The molecule has 0 bridgehead atoms. The molecule has 0 aliphatic rings. The lowest BCUT2D eigenvalue weighted by molar-refractivity contribution is 0.304. The van der Waals surface area contributed by atoms with Crippen molar-refractivity contribution in [1.29, 1.82) is 0 Å². The van der Waals surface area contributed by atoms with Gasteiger partial charge in [-0.1, -0.05) is 144 Å². The van der Waals surface area contributed by atoms with Crippen LogP contribution in [-0.4, -0.2) is 21.0 Å². The van der Waals surface area contributed by atoms with Crippen LogP contribution in [0.15, 0.2) is 133 Å². The van der Waals surface area contributed by atoms with E-state index in [1.807, 2.05) is 60.7 Å². The van der Waals surface area contributed by atoms with Crippen molar-refractivity contribution in [2.24, 2.45) is 5.92 Å². The average molecular weight is 596 g/mol. The molecule has 42 heavy (non-hydrogen) atoms. The van der Waals surface area contributed by atoms with Gasteiger partial charge in [0.05, 0.1) is 0 Å². The number of benzene rings is 4. The highest BCUT2D eigenvalue weighted by molar-refractivity contribution is 7.76. The van der Waals surface area contributed by atoms with E-state index in [0.29, 0.717) is 12.5 Å². The summed E-state index contributed by atoms with van der Waals surface area (Å²) in [5.74, 6) is 0.445. The lowest BCUT2D eigenvalue weighted by Crippen LogP contribution is -2.66. The number of hydrogen-bond donors (Lipinski definition) is 1. The molecule has 0 fully saturated rings. The number of hydrogen-bond acceptors (Lipinski definition) is 2. The first-order valence-corrected chi connectivity index (χ1v) is 18.7. The van der Waals surface area contributed by atoms with Crippen molar-refractivity contribution in [3.63, 3.8) is 0 Å². The van der Waals surface area contributed by atoms with Crippen LogP contribution in [0.4, 0.5) is 0 Å². The fraction of sp³-hybridized carbons (Fsp3) is 0.297. The minimum absolute atomic E-state index is 0.0379. The highest BCUT2D eigenvalue weighted by Crippen LogP contribution is 2.40. The van der Waals surface area contributed by atoms with Gasteiger partial charge in [0.2, 0.25) is 7.29 Å². The molecule has 0 aromatic heterocycles. The third kappa shape index (κ3) is 7.49. The van der Waals surface area contributed by atoms with Crippen molar-refractivity contribution in [3.05, 3.63) is 133 Å². The number of rotatable bonds is 13. The van der Waals surface area contributed by atoms with Crippen LogP contribution in [-0.2, 0) is 8.99 Å². The summed E-state index contributed by atoms with van der Waals surface area (Å²) in [5.41, 5.74) is 0. The molecule has 0 spiro atoms. The highest BCUT2D eigenvalue weighted by Gasteiger charge is 2.49. The molecule has 0 saturated heterocycles. The minimum Gasteiger partial charge on any atom is -0.407 e. The molecule has 0 radical (unpaired) electrons. The Morgan fingerprint density at radius 3 is 1.57 bits per heavy atom. The molecule has 0 unspecified atom stereocenters. The molecule has 0 aliphatic heterocycles. The Bertz CT molecular complexity index is 1350. The van der Waals surface area contributed by atoms with Crippen LogP contribution in [0, 0.1) is 5.92 Å². The summed E-state index contributed by atoms with van der Waals surface area (Å²) in [6.07, 6.45) is 6.07. The van der Waals surface area contributed by atoms with E-state index in [0.717, 1.165) is 23.5 Å². The quantitative estimate of drug-likeness (QED) is 0.0756. The molecule has 3 nitrogen and oxygen atoms in total. The standard InChI is InChI=1S/C37H46NO2PSi/c1-31(2)30-32(38-41(39,33-21-10-6-11-22-33)34-23-12-7-13-24-34)20-18-19-29-40-42(37(3,4)5,35-25-14-8-15-26-35)36-27-16-9-17-28-36/h6-18,20-28,31-32H,19,29-30H2,1-5H3,(H,38,39)/t32-/m1/s1. The van der Waals surface area contributed by atoms with Crippen LogP contribution in [0.25, 0.3) is 0 Å². The first-order valence-electron chi connectivity index (χ1n) is 15.1. The van der Waals surface area contributed by atoms with Gasteiger partial charge in [-0.2, -0.15) is 0 Å². The zero-order chi connectivity index (χ0) is 30.1. The van der Waals surface area contributed by atoms with Crippen LogP contribution in [0.1, 0.15) is 47.5 Å². The van der Waals surface area contributed by atoms with Crippen molar-refractivity contribution in [2.45, 2.75) is 58.5 Å². The van der Waals surface area contributed by atoms with Crippen molar-refractivity contribution < 1.29 is 8.99 Å². The molecule has 5 heteroatoms. The zero-order valence-electron chi connectivity index (χ0n) is 25.7. The molecular formula is C37H46NO2PSi. The van der Waals surface area contributed by atoms with Gasteiger partial charge in [0.1, 0.15) is 0 Å². The van der Waals surface area contributed by atoms with E-state index < -0.39 is 15.6 Å². The Morgan fingerprint density at radius 1 is 0.738 bits per heavy atom. The fourth-order valence-corrected chi connectivity index (χ4v) is 12.8. The Labute approximate surface area is 254 Å². The maximum atomic E-state index is 14.7. The van der Waals surface area contributed by atoms with Gasteiger partial charge in [0.15, 0.2) is 0 Å². The Morgan fingerprint density at radius 2 is 1.17 bits per heavy atom. The van der Waals surface area contributed by atoms with Crippen molar-refractivity contribution in [1.82, 2.24) is 5.09 Å². The lowest BCUT2D eigenvalue weighted by Gasteiger charge is -2.43. The largest absolute Gasteiger partial charge is 0.407 e. The molecular weight excluding hydrogens is 549 g/mol. The van der Waals surface area contributed by atoms with Crippen LogP contribution in [0.2, 0.25) is 5.04 Å². The van der Waals surface area contributed by atoms with Gasteiger partial charge in [0, 0.05) is 23.3 Å². The summed E-state index contributed by atoms with van der Waals surface area (Å²) < 4.78 is 21.8. The smallest absolute Gasteiger partial charge is 0.261 e. The second kappa shape index (κ2) is 14.4. The fourth-order valence-electron chi connectivity index (χ4n) is 5.79. The Hall–Kier alpha value is -3.01. The zero-order valence-corrected chi connectivity index (χ0v) is 27.6. The summed E-state index contributed by atoms with van der Waals surface area (Å²) in [6.45, 7) is 12.0. The molecule has 4 aromatic carbocycles. The molecule has 0 saturated carbocycles. The van der Waals surface area contributed by atoms with E-state index in [9.17, 15) is 4.57 Å². The van der Waals surface area contributed by atoms with Crippen LogP contribution >= 0.6 is 7.29 Å². The van der Waals surface area contributed by atoms with Crippen molar-refractivity contribution >= 4 is 36.6 Å². The van der Waals surface area contributed by atoms with Crippen LogP contribution in [0.3, 0.4) is 0 Å². The molecule has 0 aliphatic carbocycles. The second-order valence-electron chi connectivity index (χ2n) is 12.4. The summed E-state index contributed by atoms with van der Waals surface area (Å²) in [6, 6.07) is 41.2. The molecule has 220 valence electrons. The van der Waals surface area contributed by atoms with Gasteiger partial charge in [0.25, 0.3) is 8.32 Å². The first kappa shape index (κ1) is 31.9.